The maximum Gasteiger partial charge on any atom is 0.257 e. The van der Waals surface area contributed by atoms with Crippen LogP contribution in [0.5, 0.6) is 0 Å². The third-order valence-corrected chi connectivity index (χ3v) is 3.77. The number of carbonyl (C=O) groups is 1. The van der Waals surface area contributed by atoms with Crippen LogP contribution in [0.2, 0.25) is 0 Å². The molecule has 100 valence electrons. The van der Waals surface area contributed by atoms with Crippen molar-refractivity contribution >= 4 is 37.8 Å². The van der Waals surface area contributed by atoms with Crippen molar-refractivity contribution < 1.29 is 9.18 Å². The van der Waals surface area contributed by atoms with E-state index in [1.165, 1.54) is 6.07 Å². The Labute approximate surface area is 124 Å². The Morgan fingerprint density at radius 2 is 2.11 bits per heavy atom. The quantitative estimate of drug-likeness (QED) is 0.700. The Morgan fingerprint density at radius 1 is 1.44 bits per heavy atom. The first kappa shape index (κ1) is 15.6. The number of alkyl halides is 1. The molecule has 1 aromatic carbocycles. The molecule has 1 aromatic rings. The van der Waals surface area contributed by atoms with Crippen LogP contribution < -0.4 is 0 Å². The number of carbonyl (C=O) groups excluding carboxylic acids is 1. The number of benzene rings is 1. The molecule has 0 N–H and O–H groups in total. The van der Waals surface area contributed by atoms with Crippen molar-refractivity contribution in [2.24, 2.45) is 0 Å². The molecule has 0 aromatic heterocycles. The summed E-state index contributed by atoms with van der Waals surface area (Å²) in [5.74, 6) is -0.753. The minimum absolute atomic E-state index is 0.0509. The fourth-order valence-electron chi connectivity index (χ4n) is 1.65. The molecule has 0 aliphatic heterocycles. The van der Waals surface area contributed by atoms with Gasteiger partial charge in [-0.3, -0.25) is 4.79 Å². The minimum Gasteiger partial charge on any atom is -0.336 e. The van der Waals surface area contributed by atoms with Crippen molar-refractivity contribution in [1.82, 2.24) is 4.90 Å². The molecular formula is C13H16Br2FNO. The number of hydrogen-bond donors (Lipinski definition) is 0. The molecule has 2 nitrogen and oxygen atoms in total. The average Bonchev–Trinajstić information content (AvgIpc) is 2.32. The highest BCUT2D eigenvalue weighted by Gasteiger charge is 2.22. The second-order valence-corrected chi connectivity index (χ2v) is 5.88. The molecule has 1 rings (SSSR count). The van der Waals surface area contributed by atoms with Crippen LogP contribution in [0.1, 0.15) is 30.6 Å². The van der Waals surface area contributed by atoms with Crippen LogP contribution >= 0.6 is 31.9 Å². The van der Waals surface area contributed by atoms with E-state index in [0.717, 1.165) is 11.8 Å². The Bertz CT molecular complexity index is 423. The fourth-order valence-corrected chi connectivity index (χ4v) is 2.27. The molecule has 18 heavy (non-hydrogen) atoms. The predicted octanol–water partition coefficient (Wildman–Crippen LogP) is 4.22. The highest BCUT2D eigenvalue weighted by molar-refractivity contribution is 9.10. The van der Waals surface area contributed by atoms with Gasteiger partial charge < -0.3 is 4.90 Å². The summed E-state index contributed by atoms with van der Waals surface area (Å²) in [7, 11) is 0. The molecule has 0 radical (unpaired) electrons. The van der Waals surface area contributed by atoms with E-state index in [9.17, 15) is 9.18 Å². The van der Waals surface area contributed by atoms with E-state index < -0.39 is 5.82 Å². The van der Waals surface area contributed by atoms with Crippen molar-refractivity contribution in [3.63, 3.8) is 0 Å². The zero-order chi connectivity index (χ0) is 13.7. The van der Waals surface area contributed by atoms with Gasteiger partial charge in [-0.05, 0) is 48.3 Å². The molecule has 0 aliphatic carbocycles. The van der Waals surface area contributed by atoms with E-state index >= 15 is 0 Å². The van der Waals surface area contributed by atoms with Crippen LogP contribution in [0.25, 0.3) is 0 Å². The van der Waals surface area contributed by atoms with E-state index in [4.69, 9.17) is 0 Å². The zero-order valence-electron chi connectivity index (χ0n) is 10.4. The molecule has 1 amide bonds. The molecule has 5 heteroatoms. The van der Waals surface area contributed by atoms with Crippen LogP contribution in [0.3, 0.4) is 0 Å². The summed E-state index contributed by atoms with van der Waals surface area (Å²) in [6.07, 6.45) is 0.847. The van der Waals surface area contributed by atoms with Gasteiger partial charge in [0.05, 0.1) is 10.0 Å². The number of nitrogens with zero attached hydrogens (tertiary/aromatic N) is 1. The van der Waals surface area contributed by atoms with Gasteiger partial charge in [0.1, 0.15) is 5.82 Å². The van der Waals surface area contributed by atoms with Crippen molar-refractivity contribution in [2.45, 2.75) is 26.3 Å². The van der Waals surface area contributed by atoms with E-state index in [1.807, 2.05) is 13.8 Å². The zero-order valence-corrected chi connectivity index (χ0v) is 13.6. The largest absolute Gasteiger partial charge is 0.336 e. The van der Waals surface area contributed by atoms with Crippen LogP contribution in [0, 0.1) is 5.82 Å². The molecule has 0 fully saturated rings. The van der Waals surface area contributed by atoms with Crippen molar-refractivity contribution in [2.75, 3.05) is 11.9 Å². The summed E-state index contributed by atoms with van der Waals surface area (Å²) in [6.45, 7) is 4.48. The minimum atomic E-state index is -0.494. The Morgan fingerprint density at radius 3 is 2.67 bits per heavy atom. The number of rotatable bonds is 5. The lowest BCUT2D eigenvalue weighted by atomic mass is 10.1. The first-order chi connectivity index (χ1) is 8.49. The topological polar surface area (TPSA) is 20.3 Å². The smallest absolute Gasteiger partial charge is 0.257 e. The summed E-state index contributed by atoms with van der Waals surface area (Å²) < 4.78 is 14.2. The van der Waals surface area contributed by atoms with E-state index in [-0.39, 0.29) is 17.5 Å². The fraction of sp³-hybridized carbons (Fsp3) is 0.462. The Balaban J connectivity index is 2.98. The highest BCUT2D eigenvalue weighted by atomic mass is 79.9. The van der Waals surface area contributed by atoms with E-state index in [0.29, 0.717) is 11.0 Å². The summed E-state index contributed by atoms with van der Waals surface area (Å²) in [5, 5.41) is 0.824. The third-order valence-electron chi connectivity index (χ3n) is 2.60. The van der Waals surface area contributed by atoms with Gasteiger partial charge in [0.25, 0.3) is 5.91 Å². The monoisotopic (exact) mass is 379 g/mol. The lowest BCUT2D eigenvalue weighted by molar-refractivity contribution is 0.0702. The first-order valence-electron chi connectivity index (χ1n) is 5.80. The molecule has 0 aliphatic rings. The van der Waals surface area contributed by atoms with Gasteiger partial charge in [0, 0.05) is 17.9 Å². The Hall–Kier alpha value is -0.420. The van der Waals surface area contributed by atoms with E-state index in [1.54, 1.807) is 17.0 Å². The summed E-state index contributed by atoms with van der Waals surface area (Å²) in [5.41, 5.74) is 0.118. The van der Waals surface area contributed by atoms with Gasteiger partial charge in [0.15, 0.2) is 0 Å². The lowest BCUT2D eigenvalue weighted by Crippen LogP contribution is -2.38. The molecule has 0 saturated heterocycles. The van der Waals surface area contributed by atoms with Crippen LogP contribution in [0.4, 0.5) is 4.39 Å². The van der Waals surface area contributed by atoms with Gasteiger partial charge >= 0.3 is 0 Å². The second kappa shape index (κ2) is 7.24. The predicted molar refractivity (Wildman–Crippen MR) is 78.7 cm³/mol. The molecule has 0 bridgehead atoms. The lowest BCUT2D eigenvalue weighted by Gasteiger charge is -2.26. The van der Waals surface area contributed by atoms with Crippen molar-refractivity contribution in [3.8, 4) is 0 Å². The average molecular weight is 381 g/mol. The summed E-state index contributed by atoms with van der Waals surface area (Å²) >= 11 is 6.44. The van der Waals surface area contributed by atoms with Crippen LogP contribution in [0.15, 0.2) is 22.7 Å². The van der Waals surface area contributed by atoms with Gasteiger partial charge in [-0.25, -0.2) is 4.39 Å². The molecule has 0 heterocycles. The van der Waals surface area contributed by atoms with Crippen molar-refractivity contribution in [1.29, 1.82) is 0 Å². The molecule has 0 spiro atoms. The molecule has 0 atom stereocenters. The number of hydrogen-bond acceptors (Lipinski definition) is 1. The second-order valence-electron chi connectivity index (χ2n) is 4.24. The van der Waals surface area contributed by atoms with Gasteiger partial charge in [-0.15, -0.1) is 0 Å². The molecule has 0 saturated carbocycles. The SMILES string of the molecule is CC(C)N(CCCBr)C(=O)c1cccc(Br)c1F. The maximum absolute atomic E-state index is 13.9. The third kappa shape index (κ3) is 3.79. The standard InChI is InChI=1S/C13H16Br2FNO/c1-9(2)17(8-4-7-14)13(18)10-5-3-6-11(15)12(10)16/h3,5-6,9H,4,7-8H2,1-2H3. The van der Waals surface area contributed by atoms with Gasteiger partial charge in [0.2, 0.25) is 0 Å². The van der Waals surface area contributed by atoms with Gasteiger partial charge in [-0.2, -0.15) is 0 Å². The normalized spacial score (nSPS) is 10.8. The molecular weight excluding hydrogens is 365 g/mol. The maximum atomic E-state index is 13.9. The van der Waals surface area contributed by atoms with Gasteiger partial charge in [-0.1, -0.05) is 22.0 Å². The van der Waals surface area contributed by atoms with Crippen molar-refractivity contribution in [3.05, 3.63) is 34.1 Å². The Kier molecular flexibility index (Phi) is 6.29. The first-order valence-corrected chi connectivity index (χ1v) is 7.71. The highest BCUT2D eigenvalue weighted by Crippen LogP contribution is 2.20. The number of amides is 1. The number of halogens is 3. The van der Waals surface area contributed by atoms with Crippen LogP contribution in [-0.4, -0.2) is 28.7 Å². The van der Waals surface area contributed by atoms with Crippen LogP contribution in [-0.2, 0) is 0 Å². The summed E-state index contributed by atoms with van der Waals surface area (Å²) in [6, 6.07) is 4.83. The summed E-state index contributed by atoms with van der Waals surface area (Å²) in [4.78, 5) is 14.0. The molecule has 0 unspecified atom stereocenters. The van der Waals surface area contributed by atoms with E-state index in [2.05, 4.69) is 31.9 Å².